The Balaban J connectivity index is 1.72. The standard InChI is InChI=1S/C30H28N4/c31-20-29(21-32)26-17-9-1-2-10-18-27(26)30(23-14-7-4-8-15-23)25-19-11-16-24(25)28(33-34(29)30)22-12-5-3-6-13-22/h3-8,12-15H,1-2,9-11,16-19H2. The van der Waals surface area contributed by atoms with E-state index in [1.165, 1.54) is 23.1 Å². The monoisotopic (exact) mass is 444 g/mol. The molecule has 34 heavy (non-hydrogen) atoms. The third-order valence-electron chi connectivity index (χ3n) is 8.18. The van der Waals surface area contributed by atoms with E-state index in [1.807, 2.05) is 29.3 Å². The lowest BCUT2D eigenvalue weighted by Crippen LogP contribution is -2.54. The van der Waals surface area contributed by atoms with Gasteiger partial charge in [0.25, 0.3) is 5.54 Å². The normalized spacial score (nSPS) is 25.4. The Kier molecular flexibility index (Phi) is 4.93. The fourth-order valence-corrected chi connectivity index (χ4v) is 6.82. The molecule has 2 aromatic carbocycles. The minimum Gasteiger partial charge on any atom is -0.240 e. The second kappa shape index (κ2) is 8.00. The van der Waals surface area contributed by atoms with Crippen molar-refractivity contribution in [3.8, 4) is 12.1 Å². The first-order valence-corrected chi connectivity index (χ1v) is 12.6. The van der Waals surface area contributed by atoms with Crippen LogP contribution in [0.5, 0.6) is 0 Å². The zero-order chi connectivity index (χ0) is 23.2. The lowest BCUT2D eigenvalue weighted by Gasteiger charge is -2.47. The molecule has 0 saturated heterocycles. The highest BCUT2D eigenvalue weighted by molar-refractivity contribution is 6.14. The summed E-state index contributed by atoms with van der Waals surface area (Å²) in [5.41, 5.74) is 6.06. The highest BCUT2D eigenvalue weighted by Gasteiger charge is 2.65. The fourth-order valence-electron chi connectivity index (χ4n) is 6.82. The fraction of sp³-hybridized carbons (Fsp3) is 0.367. The molecule has 4 nitrogen and oxygen atoms in total. The number of nitriles is 2. The molecule has 1 unspecified atom stereocenters. The Labute approximate surface area is 201 Å². The van der Waals surface area contributed by atoms with Crippen LogP contribution in [0.2, 0.25) is 0 Å². The van der Waals surface area contributed by atoms with E-state index >= 15 is 0 Å². The predicted molar refractivity (Wildman–Crippen MR) is 132 cm³/mol. The van der Waals surface area contributed by atoms with Gasteiger partial charge in [-0.3, -0.25) is 0 Å². The average molecular weight is 445 g/mol. The van der Waals surface area contributed by atoms with E-state index in [-0.39, 0.29) is 0 Å². The van der Waals surface area contributed by atoms with Crippen molar-refractivity contribution in [2.24, 2.45) is 5.10 Å². The van der Waals surface area contributed by atoms with Gasteiger partial charge >= 0.3 is 0 Å². The molecule has 4 aliphatic rings. The van der Waals surface area contributed by atoms with Gasteiger partial charge in [-0.15, -0.1) is 0 Å². The van der Waals surface area contributed by atoms with Crippen molar-refractivity contribution in [1.82, 2.24) is 5.01 Å². The third-order valence-corrected chi connectivity index (χ3v) is 8.18. The molecule has 1 atom stereocenters. The van der Waals surface area contributed by atoms with Gasteiger partial charge in [-0.2, -0.15) is 15.6 Å². The van der Waals surface area contributed by atoms with Gasteiger partial charge < -0.3 is 0 Å². The van der Waals surface area contributed by atoms with Crippen molar-refractivity contribution in [3.05, 3.63) is 94.1 Å². The molecule has 0 amide bonds. The van der Waals surface area contributed by atoms with Crippen LogP contribution in [0.3, 0.4) is 0 Å². The summed E-state index contributed by atoms with van der Waals surface area (Å²) < 4.78 is 0. The van der Waals surface area contributed by atoms with Crippen LogP contribution >= 0.6 is 0 Å². The molecule has 0 N–H and O–H groups in total. The Morgan fingerprint density at radius 1 is 0.676 bits per heavy atom. The zero-order valence-electron chi connectivity index (χ0n) is 19.4. The summed E-state index contributed by atoms with van der Waals surface area (Å²) in [6.07, 6.45) is 9.19. The van der Waals surface area contributed by atoms with Crippen molar-refractivity contribution in [1.29, 1.82) is 10.5 Å². The maximum Gasteiger partial charge on any atom is 0.252 e. The van der Waals surface area contributed by atoms with Gasteiger partial charge in [0.15, 0.2) is 0 Å². The first kappa shape index (κ1) is 20.9. The summed E-state index contributed by atoms with van der Waals surface area (Å²) in [7, 11) is 0. The van der Waals surface area contributed by atoms with E-state index < -0.39 is 11.1 Å². The second-order valence-electron chi connectivity index (χ2n) is 9.82. The SMILES string of the molecule is N#CC1(C#N)C2=C(CCCCCC2)C2(c3ccccc3)C3=C(CCC3)C(c3ccccc3)=NN12. The average Bonchev–Trinajstić information content (AvgIpc) is 3.45. The molecular weight excluding hydrogens is 416 g/mol. The first-order chi connectivity index (χ1) is 16.8. The molecule has 0 bridgehead atoms. The first-order valence-electron chi connectivity index (χ1n) is 12.6. The number of fused-ring (bicyclic) bond motifs is 3. The molecule has 0 saturated carbocycles. The van der Waals surface area contributed by atoms with E-state index in [0.29, 0.717) is 0 Å². The van der Waals surface area contributed by atoms with Gasteiger partial charge in [0.05, 0.1) is 5.71 Å². The summed E-state index contributed by atoms with van der Waals surface area (Å²) in [4.78, 5) is 0. The number of hydrazone groups is 1. The maximum atomic E-state index is 10.7. The zero-order valence-corrected chi connectivity index (χ0v) is 19.4. The summed E-state index contributed by atoms with van der Waals surface area (Å²) in [6.45, 7) is 0. The van der Waals surface area contributed by atoms with Gasteiger partial charge in [0, 0.05) is 5.56 Å². The van der Waals surface area contributed by atoms with Crippen LogP contribution in [-0.2, 0) is 5.54 Å². The minimum atomic E-state index is -1.39. The van der Waals surface area contributed by atoms with Gasteiger partial charge in [-0.1, -0.05) is 73.5 Å². The van der Waals surface area contributed by atoms with Crippen LogP contribution in [0.1, 0.15) is 68.9 Å². The van der Waals surface area contributed by atoms with Crippen LogP contribution in [-0.4, -0.2) is 16.3 Å². The lowest BCUT2D eigenvalue weighted by atomic mass is 9.71. The second-order valence-corrected chi connectivity index (χ2v) is 9.82. The Morgan fingerprint density at radius 3 is 1.97 bits per heavy atom. The van der Waals surface area contributed by atoms with Crippen LogP contribution in [0.15, 0.2) is 88.1 Å². The van der Waals surface area contributed by atoms with Crippen molar-refractivity contribution in [2.45, 2.75) is 68.9 Å². The number of nitrogens with zero attached hydrogens (tertiary/aromatic N) is 4. The van der Waals surface area contributed by atoms with Crippen molar-refractivity contribution in [2.75, 3.05) is 0 Å². The number of hydrogen-bond acceptors (Lipinski definition) is 4. The van der Waals surface area contributed by atoms with E-state index in [2.05, 4.69) is 48.5 Å². The molecule has 168 valence electrons. The highest BCUT2D eigenvalue weighted by atomic mass is 15.6. The van der Waals surface area contributed by atoms with Gasteiger partial charge in [0.1, 0.15) is 17.7 Å². The van der Waals surface area contributed by atoms with Gasteiger partial charge in [-0.05, 0) is 72.8 Å². The summed E-state index contributed by atoms with van der Waals surface area (Å²) >= 11 is 0. The number of benzene rings is 2. The maximum absolute atomic E-state index is 10.7. The predicted octanol–water partition coefficient (Wildman–Crippen LogP) is 6.53. The third kappa shape index (κ3) is 2.66. The molecule has 2 heterocycles. The Bertz CT molecular complexity index is 1290. The topological polar surface area (TPSA) is 63.2 Å². The quantitative estimate of drug-likeness (QED) is 0.495. The molecule has 0 spiro atoms. The summed E-state index contributed by atoms with van der Waals surface area (Å²) in [5, 5.41) is 28.6. The van der Waals surface area contributed by atoms with E-state index in [4.69, 9.17) is 5.10 Å². The lowest BCUT2D eigenvalue weighted by molar-refractivity contribution is 0.124. The van der Waals surface area contributed by atoms with Gasteiger partial charge in [0.2, 0.25) is 0 Å². The van der Waals surface area contributed by atoms with Crippen LogP contribution in [0.4, 0.5) is 0 Å². The Morgan fingerprint density at radius 2 is 1.29 bits per heavy atom. The molecule has 0 fully saturated rings. The molecule has 0 radical (unpaired) electrons. The van der Waals surface area contributed by atoms with Crippen molar-refractivity contribution in [3.63, 3.8) is 0 Å². The molecule has 0 aromatic heterocycles. The summed E-state index contributed by atoms with van der Waals surface area (Å²) in [5.74, 6) is 0. The molecule has 2 aromatic rings. The van der Waals surface area contributed by atoms with E-state index in [9.17, 15) is 10.5 Å². The van der Waals surface area contributed by atoms with Crippen LogP contribution in [0, 0.1) is 22.7 Å². The van der Waals surface area contributed by atoms with E-state index in [0.717, 1.165) is 73.8 Å². The molecule has 6 rings (SSSR count). The van der Waals surface area contributed by atoms with Crippen molar-refractivity contribution >= 4 is 5.71 Å². The number of allylic oxidation sites excluding steroid dienone is 1. The van der Waals surface area contributed by atoms with Crippen molar-refractivity contribution < 1.29 is 0 Å². The number of hydrogen-bond donors (Lipinski definition) is 0. The minimum absolute atomic E-state index is 0.635. The smallest absolute Gasteiger partial charge is 0.240 e. The molecule has 2 aliphatic heterocycles. The van der Waals surface area contributed by atoms with Crippen LogP contribution in [0.25, 0.3) is 0 Å². The highest BCUT2D eigenvalue weighted by Crippen LogP contribution is 2.62. The van der Waals surface area contributed by atoms with E-state index in [1.54, 1.807) is 0 Å². The summed E-state index contributed by atoms with van der Waals surface area (Å²) in [6, 6.07) is 25.8. The largest absolute Gasteiger partial charge is 0.252 e. The molecule has 2 aliphatic carbocycles. The van der Waals surface area contributed by atoms with Crippen LogP contribution < -0.4 is 0 Å². The number of rotatable bonds is 2. The molecule has 4 heteroatoms. The molecular formula is C30H28N4. The van der Waals surface area contributed by atoms with Gasteiger partial charge in [-0.25, -0.2) is 5.01 Å². The Hall–Kier alpha value is -3.63.